The first kappa shape index (κ1) is 15.5. The molecule has 2 atom stereocenters. The molecule has 0 spiro atoms. The van der Waals surface area contributed by atoms with E-state index in [-0.39, 0.29) is 0 Å². The third kappa shape index (κ3) is 3.27. The number of hydrogen-bond acceptors (Lipinski definition) is 3. The summed E-state index contributed by atoms with van der Waals surface area (Å²) in [7, 11) is 0. The standard InChI is InChI=1S/C21H27N3/c1-16-13-19(22)7-8-21(16)24-11-9-23(10-12-24)15-18-14-20(18)17-5-3-2-4-6-17/h2-8,13,18,20H,9-12,14-15,22H2,1H3/t18-,20-/m0/s1. The molecule has 2 aromatic rings. The zero-order chi connectivity index (χ0) is 16.5. The van der Waals surface area contributed by atoms with Gasteiger partial charge in [-0.2, -0.15) is 0 Å². The van der Waals surface area contributed by atoms with Gasteiger partial charge >= 0.3 is 0 Å². The Bertz CT molecular complexity index is 689. The molecule has 0 unspecified atom stereocenters. The Balaban J connectivity index is 1.29. The minimum absolute atomic E-state index is 0.795. The van der Waals surface area contributed by atoms with Gasteiger partial charge in [0.15, 0.2) is 0 Å². The van der Waals surface area contributed by atoms with Gasteiger partial charge in [0, 0.05) is 44.1 Å². The molecule has 2 fully saturated rings. The molecule has 3 nitrogen and oxygen atoms in total. The van der Waals surface area contributed by atoms with E-state index in [9.17, 15) is 0 Å². The molecule has 1 aliphatic carbocycles. The number of nitrogen functional groups attached to an aromatic ring is 1. The van der Waals surface area contributed by atoms with E-state index >= 15 is 0 Å². The summed E-state index contributed by atoms with van der Waals surface area (Å²) < 4.78 is 0. The number of piperazine rings is 1. The van der Waals surface area contributed by atoms with Crippen LogP contribution in [0.4, 0.5) is 11.4 Å². The van der Waals surface area contributed by atoms with Crippen molar-refractivity contribution in [1.29, 1.82) is 0 Å². The molecular formula is C21H27N3. The van der Waals surface area contributed by atoms with Gasteiger partial charge in [-0.15, -0.1) is 0 Å². The lowest BCUT2D eigenvalue weighted by molar-refractivity contribution is 0.246. The Labute approximate surface area is 145 Å². The smallest absolute Gasteiger partial charge is 0.0398 e. The fourth-order valence-corrected chi connectivity index (χ4v) is 4.09. The number of aryl methyl sites for hydroxylation is 1. The van der Waals surface area contributed by atoms with Crippen LogP contribution in [-0.2, 0) is 0 Å². The second-order valence-corrected chi connectivity index (χ2v) is 7.35. The van der Waals surface area contributed by atoms with Crippen molar-refractivity contribution in [2.45, 2.75) is 19.3 Å². The maximum absolute atomic E-state index is 5.88. The van der Waals surface area contributed by atoms with Gasteiger partial charge in [-0.25, -0.2) is 0 Å². The summed E-state index contributed by atoms with van der Waals surface area (Å²) in [5.74, 6) is 1.65. The fraction of sp³-hybridized carbons (Fsp3) is 0.429. The Kier molecular flexibility index (Phi) is 4.19. The molecular weight excluding hydrogens is 294 g/mol. The van der Waals surface area contributed by atoms with Gasteiger partial charge < -0.3 is 10.6 Å². The van der Waals surface area contributed by atoms with Gasteiger partial charge in [-0.1, -0.05) is 30.3 Å². The maximum atomic E-state index is 5.88. The van der Waals surface area contributed by atoms with Crippen molar-refractivity contribution in [3.8, 4) is 0 Å². The molecule has 4 rings (SSSR count). The summed E-state index contributed by atoms with van der Waals surface area (Å²) in [6, 6.07) is 17.3. The molecule has 0 amide bonds. The average Bonchev–Trinajstić information content (AvgIpc) is 3.36. The second-order valence-electron chi connectivity index (χ2n) is 7.35. The van der Waals surface area contributed by atoms with E-state index in [4.69, 9.17) is 5.73 Å². The number of hydrogen-bond donors (Lipinski definition) is 1. The van der Waals surface area contributed by atoms with Gasteiger partial charge in [-0.3, -0.25) is 4.90 Å². The SMILES string of the molecule is Cc1cc(N)ccc1N1CCN(C[C@@H]2C[C@H]2c2ccccc2)CC1. The molecule has 2 aliphatic rings. The molecule has 0 aromatic heterocycles. The first-order chi connectivity index (χ1) is 11.7. The van der Waals surface area contributed by atoms with Gasteiger partial charge in [0.05, 0.1) is 0 Å². The minimum atomic E-state index is 0.795. The fourth-order valence-electron chi connectivity index (χ4n) is 4.09. The summed E-state index contributed by atoms with van der Waals surface area (Å²) in [5.41, 5.74) is 10.9. The van der Waals surface area contributed by atoms with Crippen LogP contribution in [0, 0.1) is 12.8 Å². The molecule has 126 valence electrons. The normalized spacial score (nSPS) is 24.1. The molecule has 1 aliphatic heterocycles. The van der Waals surface area contributed by atoms with Crippen LogP contribution in [0.1, 0.15) is 23.5 Å². The van der Waals surface area contributed by atoms with Crippen LogP contribution in [-0.4, -0.2) is 37.6 Å². The summed E-state index contributed by atoms with van der Waals surface area (Å²) in [4.78, 5) is 5.16. The predicted octanol–water partition coefficient (Wildman–Crippen LogP) is 3.50. The molecule has 1 saturated carbocycles. The Morgan fingerprint density at radius 3 is 2.46 bits per heavy atom. The minimum Gasteiger partial charge on any atom is -0.399 e. The number of nitrogens with zero attached hydrogens (tertiary/aromatic N) is 2. The summed E-state index contributed by atoms with van der Waals surface area (Å²) in [5, 5.41) is 0. The van der Waals surface area contributed by atoms with Crippen molar-refractivity contribution in [3.05, 3.63) is 59.7 Å². The van der Waals surface area contributed by atoms with Gasteiger partial charge in [0.2, 0.25) is 0 Å². The lowest BCUT2D eigenvalue weighted by atomic mass is 10.1. The highest BCUT2D eigenvalue weighted by Crippen LogP contribution is 2.47. The summed E-state index contributed by atoms with van der Waals surface area (Å²) in [6.07, 6.45) is 1.36. The van der Waals surface area contributed by atoms with Crippen molar-refractivity contribution in [2.75, 3.05) is 43.4 Å². The molecule has 1 saturated heterocycles. The quantitative estimate of drug-likeness (QED) is 0.875. The van der Waals surface area contributed by atoms with Crippen LogP contribution in [0.15, 0.2) is 48.5 Å². The van der Waals surface area contributed by atoms with Crippen molar-refractivity contribution >= 4 is 11.4 Å². The van der Waals surface area contributed by atoms with E-state index in [1.807, 2.05) is 6.07 Å². The molecule has 1 heterocycles. The second kappa shape index (κ2) is 6.48. The first-order valence-electron chi connectivity index (χ1n) is 9.09. The van der Waals surface area contributed by atoms with Crippen molar-refractivity contribution in [3.63, 3.8) is 0 Å². The van der Waals surface area contributed by atoms with E-state index in [0.717, 1.165) is 30.6 Å². The third-order valence-electron chi connectivity index (χ3n) is 5.58. The molecule has 3 heteroatoms. The topological polar surface area (TPSA) is 32.5 Å². The summed E-state index contributed by atoms with van der Waals surface area (Å²) >= 11 is 0. The molecule has 2 N–H and O–H groups in total. The van der Waals surface area contributed by atoms with Crippen LogP contribution in [0.3, 0.4) is 0 Å². The lowest BCUT2D eigenvalue weighted by Crippen LogP contribution is -2.47. The highest BCUT2D eigenvalue weighted by Gasteiger charge is 2.39. The van der Waals surface area contributed by atoms with Crippen LogP contribution in [0.25, 0.3) is 0 Å². The molecule has 24 heavy (non-hydrogen) atoms. The van der Waals surface area contributed by atoms with E-state index in [1.165, 1.54) is 42.9 Å². The van der Waals surface area contributed by atoms with Gasteiger partial charge in [0.25, 0.3) is 0 Å². The zero-order valence-electron chi connectivity index (χ0n) is 14.5. The zero-order valence-corrected chi connectivity index (χ0v) is 14.5. The lowest BCUT2D eigenvalue weighted by Gasteiger charge is -2.37. The van der Waals surface area contributed by atoms with Crippen LogP contribution >= 0.6 is 0 Å². The Morgan fingerprint density at radius 1 is 1.00 bits per heavy atom. The molecule has 0 bridgehead atoms. The van der Waals surface area contributed by atoms with Gasteiger partial charge in [-0.05, 0) is 54.5 Å². The highest BCUT2D eigenvalue weighted by atomic mass is 15.3. The van der Waals surface area contributed by atoms with Crippen molar-refractivity contribution < 1.29 is 0 Å². The van der Waals surface area contributed by atoms with Crippen molar-refractivity contribution in [1.82, 2.24) is 4.90 Å². The monoisotopic (exact) mass is 321 g/mol. The first-order valence-corrected chi connectivity index (χ1v) is 9.09. The number of benzene rings is 2. The van der Waals surface area contributed by atoms with E-state index in [1.54, 1.807) is 0 Å². The van der Waals surface area contributed by atoms with Crippen LogP contribution in [0.2, 0.25) is 0 Å². The highest BCUT2D eigenvalue weighted by molar-refractivity contribution is 5.59. The third-order valence-corrected chi connectivity index (χ3v) is 5.58. The predicted molar refractivity (Wildman–Crippen MR) is 102 cm³/mol. The van der Waals surface area contributed by atoms with Gasteiger partial charge in [0.1, 0.15) is 0 Å². The van der Waals surface area contributed by atoms with E-state index in [2.05, 4.69) is 59.2 Å². The Hall–Kier alpha value is -2.00. The number of anilines is 2. The summed E-state index contributed by atoms with van der Waals surface area (Å²) in [6.45, 7) is 7.99. The maximum Gasteiger partial charge on any atom is 0.0398 e. The largest absolute Gasteiger partial charge is 0.399 e. The van der Waals surface area contributed by atoms with E-state index < -0.39 is 0 Å². The van der Waals surface area contributed by atoms with Crippen LogP contribution < -0.4 is 10.6 Å². The number of rotatable bonds is 4. The molecule has 2 aromatic carbocycles. The average molecular weight is 321 g/mol. The number of nitrogens with two attached hydrogens (primary N) is 1. The van der Waals surface area contributed by atoms with Crippen molar-refractivity contribution in [2.24, 2.45) is 5.92 Å². The van der Waals surface area contributed by atoms with Crippen LogP contribution in [0.5, 0.6) is 0 Å². The van der Waals surface area contributed by atoms with E-state index in [0.29, 0.717) is 0 Å². The molecule has 0 radical (unpaired) electrons. The Morgan fingerprint density at radius 2 is 1.75 bits per heavy atom.